The van der Waals surface area contributed by atoms with Gasteiger partial charge in [-0.3, -0.25) is 4.79 Å². The average Bonchev–Trinajstić information content (AvgIpc) is 2.46. The lowest BCUT2D eigenvalue weighted by molar-refractivity contribution is -0.116. The van der Waals surface area contributed by atoms with Gasteiger partial charge in [0.15, 0.2) is 0 Å². The van der Waals surface area contributed by atoms with E-state index in [0.29, 0.717) is 24.6 Å². The number of carbonyl (C=O) groups excluding carboxylic acids is 2. The zero-order chi connectivity index (χ0) is 16.5. The van der Waals surface area contributed by atoms with Crippen LogP contribution in [0, 0.1) is 5.92 Å². The normalized spacial score (nSPS) is 11.2. The van der Waals surface area contributed by atoms with E-state index in [2.05, 4.69) is 10.6 Å². The number of carbonyl (C=O) groups is 2. The van der Waals surface area contributed by atoms with Crippen LogP contribution in [-0.4, -0.2) is 25.0 Å². The first-order valence-corrected chi connectivity index (χ1v) is 7.42. The molecule has 0 spiro atoms. The molecule has 0 saturated heterocycles. The number of hydrogen-bond donors (Lipinski definition) is 2. The molecule has 2 N–H and O–H groups in total. The Morgan fingerprint density at radius 2 is 1.86 bits per heavy atom. The highest BCUT2D eigenvalue weighted by Crippen LogP contribution is 2.12. The maximum Gasteiger partial charge on any atom is 0.338 e. The first kappa shape index (κ1) is 17.8. The summed E-state index contributed by atoms with van der Waals surface area (Å²) in [7, 11) is 0. The van der Waals surface area contributed by atoms with Crippen LogP contribution in [0.1, 0.15) is 38.1 Å². The summed E-state index contributed by atoms with van der Waals surface area (Å²) in [4.78, 5) is 23.2. The van der Waals surface area contributed by atoms with Crippen LogP contribution in [0.2, 0.25) is 0 Å². The molecule has 1 amide bonds. The van der Waals surface area contributed by atoms with Crippen LogP contribution in [-0.2, 0) is 9.53 Å². The Morgan fingerprint density at radius 3 is 2.41 bits per heavy atom. The van der Waals surface area contributed by atoms with E-state index in [9.17, 15) is 9.59 Å². The molecule has 1 rings (SSSR count). The Balaban J connectivity index is 2.59. The minimum absolute atomic E-state index is 0.123. The summed E-state index contributed by atoms with van der Waals surface area (Å²) in [6.07, 6.45) is 1.52. The van der Waals surface area contributed by atoms with Crippen molar-refractivity contribution in [2.24, 2.45) is 5.92 Å². The second kappa shape index (κ2) is 8.87. The molecule has 22 heavy (non-hydrogen) atoms. The first-order chi connectivity index (χ1) is 10.4. The Labute approximate surface area is 131 Å². The number of esters is 1. The molecule has 0 aliphatic rings. The monoisotopic (exact) mass is 304 g/mol. The lowest BCUT2D eigenvalue weighted by Gasteiger charge is -2.09. The van der Waals surface area contributed by atoms with Crippen molar-refractivity contribution in [2.75, 3.05) is 18.5 Å². The van der Waals surface area contributed by atoms with Crippen LogP contribution < -0.4 is 10.6 Å². The van der Waals surface area contributed by atoms with Gasteiger partial charge in [-0.05, 0) is 44.0 Å². The van der Waals surface area contributed by atoms with Crippen molar-refractivity contribution in [3.05, 3.63) is 41.6 Å². The van der Waals surface area contributed by atoms with Crippen molar-refractivity contribution in [1.82, 2.24) is 5.32 Å². The van der Waals surface area contributed by atoms with E-state index in [4.69, 9.17) is 4.74 Å². The van der Waals surface area contributed by atoms with Crippen molar-refractivity contribution >= 4 is 17.6 Å². The number of benzene rings is 1. The van der Waals surface area contributed by atoms with Crippen LogP contribution in [0.5, 0.6) is 0 Å². The molecule has 0 atom stereocenters. The summed E-state index contributed by atoms with van der Waals surface area (Å²) in [6.45, 7) is 8.67. The highest BCUT2D eigenvalue weighted by Gasteiger charge is 2.06. The van der Waals surface area contributed by atoms with Gasteiger partial charge in [-0.25, -0.2) is 4.79 Å². The summed E-state index contributed by atoms with van der Waals surface area (Å²) in [6, 6.07) is 6.92. The molecule has 0 bridgehead atoms. The molecule has 1 aromatic carbocycles. The predicted octanol–water partition coefficient (Wildman–Crippen LogP) is 2.95. The summed E-state index contributed by atoms with van der Waals surface area (Å²) in [5.74, 6) is -0.0442. The van der Waals surface area contributed by atoms with Gasteiger partial charge in [0.1, 0.15) is 0 Å². The van der Waals surface area contributed by atoms with Gasteiger partial charge in [-0.15, -0.1) is 0 Å². The molecule has 0 unspecified atom stereocenters. The fraction of sp³-hybridized carbons (Fsp3) is 0.412. The summed E-state index contributed by atoms with van der Waals surface area (Å²) in [5.41, 5.74) is 2.03. The second-order valence-electron chi connectivity index (χ2n) is 5.39. The van der Waals surface area contributed by atoms with E-state index in [1.165, 1.54) is 6.08 Å². The third kappa shape index (κ3) is 6.43. The fourth-order valence-electron chi connectivity index (χ4n) is 1.72. The van der Waals surface area contributed by atoms with E-state index in [1.54, 1.807) is 31.2 Å². The van der Waals surface area contributed by atoms with Crippen molar-refractivity contribution in [1.29, 1.82) is 0 Å². The van der Waals surface area contributed by atoms with E-state index in [1.807, 2.05) is 20.8 Å². The lowest BCUT2D eigenvalue weighted by Crippen LogP contribution is -2.26. The smallest absolute Gasteiger partial charge is 0.338 e. The van der Waals surface area contributed by atoms with Crippen molar-refractivity contribution in [3.63, 3.8) is 0 Å². The largest absolute Gasteiger partial charge is 0.462 e. The fourth-order valence-corrected chi connectivity index (χ4v) is 1.72. The van der Waals surface area contributed by atoms with E-state index < -0.39 is 0 Å². The van der Waals surface area contributed by atoms with Crippen LogP contribution in [0.15, 0.2) is 36.0 Å². The number of amides is 1. The Bertz CT molecular complexity index is 533. The molecule has 1 aromatic rings. The first-order valence-electron chi connectivity index (χ1n) is 7.42. The SMILES string of the molecule is CCOC(=O)c1ccc(N/C(C)=C/C(=O)NCC(C)C)cc1. The predicted molar refractivity (Wildman–Crippen MR) is 87.6 cm³/mol. The van der Waals surface area contributed by atoms with Gasteiger partial charge < -0.3 is 15.4 Å². The summed E-state index contributed by atoms with van der Waals surface area (Å²) in [5, 5.41) is 5.93. The topological polar surface area (TPSA) is 67.4 Å². The third-order valence-corrected chi connectivity index (χ3v) is 2.77. The van der Waals surface area contributed by atoms with Crippen molar-refractivity contribution in [2.45, 2.75) is 27.7 Å². The van der Waals surface area contributed by atoms with Gasteiger partial charge in [0, 0.05) is 24.0 Å². The number of hydrogen-bond acceptors (Lipinski definition) is 4. The summed E-state index contributed by atoms with van der Waals surface area (Å²) < 4.78 is 4.92. The minimum Gasteiger partial charge on any atom is -0.462 e. The second-order valence-corrected chi connectivity index (χ2v) is 5.39. The van der Waals surface area contributed by atoms with Gasteiger partial charge in [-0.2, -0.15) is 0 Å². The van der Waals surface area contributed by atoms with Gasteiger partial charge >= 0.3 is 5.97 Å². The molecule has 0 heterocycles. The van der Waals surface area contributed by atoms with Crippen LogP contribution in [0.4, 0.5) is 5.69 Å². The number of rotatable bonds is 7. The molecule has 0 aliphatic carbocycles. The van der Waals surface area contributed by atoms with E-state index >= 15 is 0 Å². The van der Waals surface area contributed by atoms with Gasteiger partial charge in [-0.1, -0.05) is 13.8 Å². The highest BCUT2D eigenvalue weighted by molar-refractivity contribution is 5.90. The highest BCUT2D eigenvalue weighted by atomic mass is 16.5. The van der Waals surface area contributed by atoms with Gasteiger partial charge in [0.2, 0.25) is 5.91 Å². The Hall–Kier alpha value is -2.30. The van der Waals surface area contributed by atoms with Crippen LogP contribution in [0.25, 0.3) is 0 Å². The molecule has 0 aromatic heterocycles. The standard InChI is InChI=1S/C17H24N2O3/c1-5-22-17(21)14-6-8-15(9-7-14)19-13(4)10-16(20)18-11-12(2)3/h6-10,12,19H,5,11H2,1-4H3,(H,18,20)/b13-10+. The zero-order valence-electron chi connectivity index (χ0n) is 13.6. The van der Waals surface area contributed by atoms with E-state index in [0.717, 1.165) is 11.4 Å². The maximum absolute atomic E-state index is 11.7. The molecular weight excluding hydrogens is 280 g/mol. The molecule has 0 radical (unpaired) electrons. The minimum atomic E-state index is -0.339. The summed E-state index contributed by atoms with van der Waals surface area (Å²) >= 11 is 0. The molecule has 0 aliphatic heterocycles. The number of nitrogens with one attached hydrogen (secondary N) is 2. The average molecular weight is 304 g/mol. The van der Waals surface area contributed by atoms with E-state index in [-0.39, 0.29) is 11.9 Å². The number of anilines is 1. The van der Waals surface area contributed by atoms with Gasteiger partial charge in [0.25, 0.3) is 0 Å². The number of allylic oxidation sites excluding steroid dienone is 1. The Morgan fingerprint density at radius 1 is 1.23 bits per heavy atom. The molecule has 5 nitrogen and oxygen atoms in total. The molecule has 0 fully saturated rings. The maximum atomic E-state index is 11.7. The van der Waals surface area contributed by atoms with Gasteiger partial charge in [0.05, 0.1) is 12.2 Å². The molecule has 120 valence electrons. The quantitative estimate of drug-likeness (QED) is 0.600. The molecule has 5 heteroatoms. The van der Waals surface area contributed by atoms with Crippen molar-refractivity contribution in [3.8, 4) is 0 Å². The van der Waals surface area contributed by atoms with Crippen molar-refractivity contribution < 1.29 is 14.3 Å². The third-order valence-electron chi connectivity index (χ3n) is 2.77. The van der Waals surface area contributed by atoms with Crippen LogP contribution in [0.3, 0.4) is 0 Å². The number of ether oxygens (including phenoxy) is 1. The lowest BCUT2D eigenvalue weighted by atomic mass is 10.2. The molecular formula is C17H24N2O3. The van der Waals surface area contributed by atoms with Crippen LogP contribution >= 0.6 is 0 Å². The zero-order valence-corrected chi connectivity index (χ0v) is 13.6. The molecule has 0 saturated carbocycles. The Kier molecular flexibility index (Phi) is 7.16.